The minimum Gasteiger partial charge on any atom is -0.292 e. The SMILES string of the molecule is Cc1ccc(-c2nc3c4ccccc4n(CC(=O)c4ccc(C)cc4C)c(=O)n3n2)cc1. The molecule has 5 rings (SSSR count). The molecule has 5 aromatic rings. The van der Waals surface area contributed by atoms with Crippen LogP contribution in [0.4, 0.5) is 0 Å². The van der Waals surface area contributed by atoms with Gasteiger partial charge in [0.1, 0.15) is 0 Å². The second kappa shape index (κ2) is 7.57. The summed E-state index contributed by atoms with van der Waals surface area (Å²) in [7, 11) is 0. The van der Waals surface area contributed by atoms with Crippen LogP contribution in [0.3, 0.4) is 0 Å². The van der Waals surface area contributed by atoms with E-state index in [0.717, 1.165) is 27.6 Å². The summed E-state index contributed by atoms with van der Waals surface area (Å²) in [6.07, 6.45) is 0. The fourth-order valence-corrected chi connectivity index (χ4v) is 4.07. The Morgan fingerprint density at radius 3 is 2.38 bits per heavy atom. The molecule has 32 heavy (non-hydrogen) atoms. The molecule has 0 saturated carbocycles. The number of Topliss-reactive ketones (excluding diaryl/α,β-unsaturated/α-hetero) is 1. The monoisotopic (exact) mass is 422 g/mol. The van der Waals surface area contributed by atoms with Gasteiger partial charge < -0.3 is 0 Å². The van der Waals surface area contributed by atoms with Crippen molar-refractivity contribution < 1.29 is 4.79 Å². The second-order valence-electron chi connectivity index (χ2n) is 8.16. The number of fused-ring (bicyclic) bond motifs is 3. The maximum Gasteiger partial charge on any atom is 0.351 e. The first-order valence-electron chi connectivity index (χ1n) is 10.5. The van der Waals surface area contributed by atoms with Crippen molar-refractivity contribution in [1.29, 1.82) is 0 Å². The highest BCUT2D eigenvalue weighted by Crippen LogP contribution is 2.22. The third kappa shape index (κ3) is 3.30. The molecule has 0 bridgehead atoms. The number of aryl methyl sites for hydroxylation is 3. The molecular formula is C26H22N4O2. The third-order valence-corrected chi connectivity index (χ3v) is 5.75. The summed E-state index contributed by atoms with van der Waals surface area (Å²) in [4.78, 5) is 31.2. The van der Waals surface area contributed by atoms with Crippen molar-refractivity contribution >= 4 is 22.3 Å². The van der Waals surface area contributed by atoms with Crippen LogP contribution in [0.15, 0.2) is 71.5 Å². The Kier molecular flexibility index (Phi) is 4.70. The van der Waals surface area contributed by atoms with E-state index in [0.29, 0.717) is 22.6 Å². The van der Waals surface area contributed by atoms with Gasteiger partial charge in [0, 0.05) is 16.5 Å². The molecule has 0 unspecified atom stereocenters. The normalized spacial score (nSPS) is 11.3. The van der Waals surface area contributed by atoms with Crippen molar-refractivity contribution in [2.45, 2.75) is 27.3 Å². The van der Waals surface area contributed by atoms with E-state index in [1.54, 1.807) is 0 Å². The maximum absolute atomic E-state index is 13.4. The number of carbonyl (C=O) groups is 1. The number of aromatic nitrogens is 4. The van der Waals surface area contributed by atoms with Crippen LogP contribution in [0, 0.1) is 20.8 Å². The highest BCUT2D eigenvalue weighted by atomic mass is 16.2. The number of nitrogens with zero attached hydrogens (tertiary/aromatic N) is 4. The summed E-state index contributed by atoms with van der Waals surface area (Å²) < 4.78 is 2.78. The Bertz CT molecular complexity index is 1560. The molecule has 2 heterocycles. The van der Waals surface area contributed by atoms with E-state index < -0.39 is 0 Å². The van der Waals surface area contributed by atoms with Crippen LogP contribution in [0.5, 0.6) is 0 Å². The number of para-hydroxylation sites is 1. The molecule has 0 aliphatic carbocycles. The Morgan fingerprint density at radius 2 is 1.62 bits per heavy atom. The topological polar surface area (TPSA) is 69.3 Å². The molecule has 0 fully saturated rings. The fraction of sp³-hybridized carbons (Fsp3) is 0.154. The van der Waals surface area contributed by atoms with Gasteiger partial charge in [0.2, 0.25) is 0 Å². The Hall–Kier alpha value is -4.06. The average molecular weight is 422 g/mol. The van der Waals surface area contributed by atoms with Crippen molar-refractivity contribution in [2.24, 2.45) is 0 Å². The van der Waals surface area contributed by atoms with E-state index in [1.165, 1.54) is 9.08 Å². The van der Waals surface area contributed by atoms with Crippen LogP contribution in [-0.4, -0.2) is 24.9 Å². The van der Waals surface area contributed by atoms with Crippen LogP contribution in [-0.2, 0) is 6.54 Å². The number of hydrogen-bond acceptors (Lipinski definition) is 4. The molecule has 0 atom stereocenters. The zero-order valence-electron chi connectivity index (χ0n) is 18.2. The molecule has 0 spiro atoms. The quantitative estimate of drug-likeness (QED) is 0.399. The zero-order chi connectivity index (χ0) is 22.4. The van der Waals surface area contributed by atoms with E-state index in [9.17, 15) is 9.59 Å². The van der Waals surface area contributed by atoms with Crippen molar-refractivity contribution in [2.75, 3.05) is 0 Å². The summed E-state index contributed by atoms with van der Waals surface area (Å²) in [6.45, 7) is 5.85. The summed E-state index contributed by atoms with van der Waals surface area (Å²) >= 11 is 0. The first-order chi connectivity index (χ1) is 15.4. The van der Waals surface area contributed by atoms with Gasteiger partial charge in [-0.05, 0) is 38.5 Å². The first-order valence-corrected chi connectivity index (χ1v) is 10.5. The lowest BCUT2D eigenvalue weighted by atomic mass is 10.0. The number of rotatable bonds is 4. The standard InChI is InChI=1S/C26H22N4O2/c1-16-8-11-19(12-9-16)24-27-25-21-6-4-5-7-22(21)29(26(32)30(25)28-24)15-23(31)20-13-10-17(2)14-18(20)3/h4-14H,15H2,1-3H3. The van der Waals surface area contributed by atoms with E-state index in [2.05, 4.69) is 10.1 Å². The van der Waals surface area contributed by atoms with Gasteiger partial charge in [-0.15, -0.1) is 5.10 Å². The van der Waals surface area contributed by atoms with Gasteiger partial charge in [-0.3, -0.25) is 9.36 Å². The molecular weight excluding hydrogens is 400 g/mol. The highest BCUT2D eigenvalue weighted by molar-refractivity contribution is 5.99. The number of hydrogen-bond donors (Lipinski definition) is 0. The zero-order valence-corrected chi connectivity index (χ0v) is 18.2. The van der Waals surface area contributed by atoms with Gasteiger partial charge in [0.15, 0.2) is 17.3 Å². The second-order valence-corrected chi connectivity index (χ2v) is 8.16. The average Bonchev–Trinajstić information content (AvgIpc) is 3.23. The summed E-state index contributed by atoms with van der Waals surface area (Å²) in [5.74, 6) is 0.360. The highest BCUT2D eigenvalue weighted by Gasteiger charge is 2.18. The van der Waals surface area contributed by atoms with E-state index in [-0.39, 0.29) is 18.0 Å². The predicted octanol–water partition coefficient (Wildman–Crippen LogP) is 4.52. The maximum atomic E-state index is 13.4. The summed E-state index contributed by atoms with van der Waals surface area (Å²) in [6, 6.07) is 21.0. The molecule has 0 aliphatic heterocycles. The fourth-order valence-electron chi connectivity index (χ4n) is 4.07. The Balaban J connectivity index is 1.68. The lowest BCUT2D eigenvalue weighted by Gasteiger charge is -2.11. The predicted molar refractivity (Wildman–Crippen MR) is 125 cm³/mol. The molecule has 0 aliphatic rings. The Labute approximate surface area is 184 Å². The van der Waals surface area contributed by atoms with Gasteiger partial charge in [0.05, 0.1) is 12.1 Å². The number of benzene rings is 3. The van der Waals surface area contributed by atoms with Crippen LogP contribution < -0.4 is 5.69 Å². The van der Waals surface area contributed by atoms with Crippen molar-refractivity contribution in [3.8, 4) is 11.4 Å². The van der Waals surface area contributed by atoms with Gasteiger partial charge in [-0.25, -0.2) is 9.78 Å². The van der Waals surface area contributed by atoms with E-state index in [4.69, 9.17) is 0 Å². The molecule has 2 aromatic heterocycles. The lowest BCUT2D eigenvalue weighted by molar-refractivity contribution is 0.0971. The van der Waals surface area contributed by atoms with Gasteiger partial charge >= 0.3 is 5.69 Å². The van der Waals surface area contributed by atoms with Crippen LogP contribution >= 0.6 is 0 Å². The molecule has 158 valence electrons. The molecule has 0 radical (unpaired) electrons. The molecule has 0 N–H and O–H groups in total. The molecule has 6 nitrogen and oxygen atoms in total. The smallest absolute Gasteiger partial charge is 0.292 e. The third-order valence-electron chi connectivity index (χ3n) is 5.75. The molecule has 0 saturated heterocycles. The van der Waals surface area contributed by atoms with E-state index >= 15 is 0 Å². The molecule has 6 heteroatoms. The van der Waals surface area contributed by atoms with Crippen molar-refractivity contribution in [3.05, 3.63) is 99.5 Å². The summed E-state index contributed by atoms with van der Waals surface area (Å²) in [5.41, 5.74) is 5.33. The minimum atomic E-state index is -0.386. The Morgan fingerprint density at radius 1 is 0.906 bits per heavy atom. The number of carbonyl (C=O) groups excluding carboxylic acids is 1. The minimum absolute atomic E-state index is 0.0705. The van der Waals surface area contributed by atoms with Crippen molar-refractivity contribution in [1.82, 2.24) is 19.2 Å². The van der Waals surface area contributed by atoms with Gasteiger partial charge in [-0.1, -0.05) is 65.7 Å². The summed E-state index contributed by atoms with van der Waals surface area (Å²) in [5, 5.41) is 5.26. The molecule has 0 amide bonds. The van der Waals surface area contributed by atoms with Crippen LogP contribution in [0.2, 0.25) is 0 Å². The van der Waals surface area contributed by atoms with Gasteiger partial charge in [-0.2, -0.15) is 4.52 Å². The van der Waals surface area contributed by atoms with Crippen LogP contribution in [0.1, 0.15) is 27.0 Å². The molecule has 3 aromatic carbocycles. The largest absolute Gasteiger partial charge is 0.351 e. The van der Waals surface area contributed by atoms with Crippen molar-refractivity contribution in [3.63, 3.8) is 0 Å². The lowest BCUT2D eigenvalue weighted by Crippen LogP contribution is -2.30. The van der Waals surface area contributed by atoms with E-state index in [1.807, 2.05) is 87.5 Å². The van der Waals surface area contributed by atoms with Gasteiger partial charge in [0.25, 0.3) is 0 Å². The first kappa shape index (κ1) is 19.9. The van der Waals surface area contributed by atoms with Crippen LogP contribution in [0.25, 0.3) is 27.9 Å². The number of ketones is 1.